The average Bonchev–Trinajstić information content (AvgIpc) is 3.49. The normalized spacial score (nSPS) is 24.4. The molecule has 2 aromatic rings. The maximum atomic E-state index is 12.4. The molecule has 1 amide bonds. The van der Waals surface area contributed by atoms with E-state index in [0.29, 0.717) is 42.5 Å². The number of nitrogens with one attached hydrogen (secondary N) is 2. The van der Waals surface area contributed by atoms with Crippen LogP contribution in [0.4, 0.5) is 4.79 Å². The van der Waals surface area contributed by atoms with Crippen LogP contribution in [0.25, 0.3) is 11.3 Å². The van der Waals surface area contributed by atoms with Gasteiger partial charge < -0.3 is 30.1 Å². The van der Waals surface area contributed by atoms with E-state index in [2.05, 4.69) is 33.6 Å². The number of carbonyl (C=O) groups excluding carboxylic acids is 1. The van der Waals surface area contributed by atoms with Gasteiger partial charge in [0.15, 0.2) is 0 Å². The highest BCUT2D eigenvalue weighted by Gasteiger charge is 2.39. The molecule has 1 unspecified atom stereocenters. The lowest BCUT2D eigenvalue weighted by Gasteiger charge is -2.47. The molecule has 3 fully saturated rings. The van der Waals surface area contributed by atoms with Crippen molar-refractivity contribution < 1.29 is 19.4 Å². The Balaban J connectivity index is 0.947. The molecule has 5 N–H and O–H groups in total. The number of hydrazine groups is 1. The first-order valence-electron chi connectivity index (χ1n) is 16.5. The molecule has 11 heteroatoms. The number of phenols is 1. The zero-order chi connectivity index (χ0) is 31.7. The molecule has 2 saturated heterocycles. The number of nitrogens with two attached hydrogens (primary N) is 1. The van der Waals surface area contributed by atoms with Gasteiger partial charge >= 0.3 is 6.09 Å². The molecule has 4 aliphatic rings. The molecular formula is C34H49N7O4. The number of benzene rings is 1. The summed E-state index contributed by atoms with van der Waals surface area (Å²) in [4.78, 5) is 16.8. The molecule has 4 heterocycles. The number of carbonyl (C=O) groups is 1. The minimum absolute atomic E-state index is 0.205. The first kappa shape index (κ1) is 31.3. The third-order valence-corrected chi connectivity index (χ3v) is 9.76. The molecule has 1 aromatic heterocycles. The Hall–Kier alpha value is -3.70. The number of phenolic OH excluding ortho intramolecular Hbond substituents is 1. The highest BCUT2D eigenvalue weighted by molar-refractivity contribution is 5.86. The van der Waals surface area contributed by atoms with Gasteiger partial charge in [0.25, 0.3) is 0 Å². The summed E-state index contributed by atoms with van der Waals surface area (Å²) in [5.74, 6) is 1.28. The topological polar surface area (TPSA) is 130 Å². The number of allylic oxidation sites excluding steroid dienone is 2. The molecule has 1 aliphatic carbocycles. The summed E-state index contributed by atoms with van der Waals surface area (Å²) in [6, 6.07) is 8.11. The van der Waals surface area contributed by atoms with Gasteiger partial charge in [-0.15, -0.1) is 0 Å². The van der Waals surface area contributed by atoms with E-state index in [4.69, 9.17) is 20.3 Å². The third-order valence-electron chi connectivity index (χ3n) is 9.76. The van der Waals surface area contributed by atoms with Crippen LogP contribution in [0.2, 0.25) is 0 Å². The van der Waals surface area contributed by atoms with Crippen LogP contribution in [0.15, 0.2) is 48.6 Å². The summed E-state index contributed by atoms with van der Waals surface area (Å²) < 4.78 is 14.0. The Morgan fingerprint density at radius 3 is 2.44 bits per heavy atom. The number of amides is 1. The van der Waals surface area contributed by atoms with Crippen LogP contribution in [-0.4, -0.2) is 80.8 Å². The van der Waals surface area contributed by atoms with Crippen molar-refractivity contribution in [2.75, 3.05) is 26.2 Å². The molecule has 244 valence electrons. The molecular weight excluding hydrogens is 570 g/mol. The molecule has 0 radical (unpaired) electrons. The Morgan fingerprint density at radius 1 is 1.04 bits per heavy atom. The Morgan fingerprint density at radius 2 is 1.76 bits per heavy atom. The largest absolute Gasteiger partial charge is 0.507 e. The van der Waals surface area contributed by atoms with E-state index < -0.39 is 5.60 Å². The maximum absolute atomic E-state index is 12.4. The molecule has 1 aromatic carbocycles. The van der Waals surface area contributed by atoms with Crippen LogP contribution in [0.5, 0.6) is 5.75 Å². The van der Waals surface area contributed by atoms with E-state index in [1.54, 1.807) is 12.1 Å². The number of ether oxygens (including phenoxy) is 2. The second kappa shape index (κ2) is 13.0. The summed E-state index contributed by atoms with van der Waals surface area (Å²) in [6.45, 7) is 11.6. The predicted octanol–water partition coefficient (Wildman–Crippen LogP) is 4.59. The quantitative estimate of drug-likeness (QED) is 0.352. The average molecular weight is 620 g/mol. The van der Waals surface area contributed by atoms with Gasteiger partial charge in [-0.3, -0.25) is 15.5 Å². The van der Waals surface area contributed by atoms with Crippen molar-refractivity contribution in [1.82, 2.24) is 30.4 Å². The van der Waals surface area contributed by atoms with Crippen LogP contribution < -0.4 is 16.6 Å². The summed E-state index contributed by atoms with van der Waals surface area (Å²) >= 11 is 0. The van der Waals surface area contributed by atoms with E-state index in [1.807, 2.05) is 50.1 Å². The highest BCUT2D eigenvalue weighted by atomic mass is 16.6. The van der Waals surface area contributed by atoms with Gasteiger partial charge in [0, 0.05) is 42.0 Å². The SMILES string of the molecule is CC(C1CCN([C@H]2C[C@@H](OC3CCN(C(=O)OC(C)(C)C)CC3)C2)CC1)n1cc(C2=C(N)NNC(c3ccccc3O)=C2)cn1. The van der Waals surface area contributed by atoms with E-state index in [-0.39, 0.29) is 24.0 Å². The number of rotatable bonds is 7. The fourth-order valence-corrected chi connectivity index (χ4v) is 6.95. The summed E-state index contributed by atoms with van der Waals surface area (Å²) in [6.07, 6.45) is 12.5. The van der Waals surface area contributed by atoms with Gasteiger partial charge in [-0.1, -0.05) is 12.1 Å². The summed E-state index contributed by atoms with van der Waals surface area (Å²) in [5.41, 5.74) is 15.2. The second-order valence-corrected chi connectivity index (χ2v) is 14.0. The monoisotopic (exact) mass is 619 g/mol. The first-order valence-corrected chi connectivity index (χ1v) is 16.5. The number of aromatic nitrogens is 2. The fourth-order valence-electron chi connectivity index (χ4n) is 6.95. The minimum Gasteiger partial charge on any atom is -0.507 e. The van der Waals surface area contributed by atoms with Crippen molar-refractivity contribution in [2.24, 2.45) is 11.7 Å². The number of hydrogen-bond donors (Lipinski definition) is 4. The molecule has 0 bridgehead atoms. The molecule has 1 atom stereocenters. The molecule has 0 spiro atoms. The van der Waals surface area contributed by atoms with Gasteiger partial charge in [0.1, 0.15) is 17.2 Å². The lowest BCUT2D eigenvalue weighted by Crippen LogP contribution is -2.52. The van der Waals surface area contributed by atoms with Crippen LogP contribution >= 0.6 is 0 Å². The third kappa shape index (κ3) is 7.25. The smallest absolute Gasteiger partial charge is 0.410 e. The number of piperidine rings is 2. The number of aromatic hydroxyl groups is 1. The lowest BCUT2D eigenvalue weighted by molar-refractivity contribution is -0.107. The van der Waals surface area contributed by atoms with Crippen molar-refractivity contribution in [3.63, 3.8) is 0 Å². The standard InChI is InChI=1S/C34H49N7O4/c1-22(41-21-24(20-36-41)29-19-30(37-38-32(29)35)28-7-5-6-8-31(28)42)23-9-13-39(14-10-23)25-17-27(18-25)44-26-11-15-40(16-12-26)33(43)45-34(2,3)4/h5-8,19-23,25-27,37-38,42H,9-18,35H2,1-4H3/t22?,25-,27+. The number of likely N-dealkylation sites (tertiary alicyclic amines) is 2. The number of hydrogen-bond acceptors (Lipinski definition) is 9. The summed E-state index contributed by atoms with van der Waals surface area (Å²) in [5, 5.41) is 15.0. The van der Waals surface area contributed by atoms with E-state index >= 15 is 0 Å². The van der Waals surface area contributed by atoms with E-state index in [9.17, 15) is 9.90 Å². The lowest BCUT2D eigenvalue weighted by atomic mass is 9.83. The number of para-hydroxylation sites is 1. The molecule has 1 saturated carbocycles. The number of nitrogens with zero attached hydrogens (tertiary/aromatic N) is 4. The molecule has 6 rings (SSSR count). The van der Waals surface area contributed by atoms with Crippen molar-refractivity contribution in [2.45, 2.75) is 96.1 Å². The molecule has 3 aliphatic heterocycles. The molecule has 45 heavy (non-hydrogen) atoms. The first-order chi connectivity index (χ1) is 21.5. The van der Waals surface area contributed by atoms with Gasteiger partial charge in [-0.25, -0.2) is 4.79 Å². The van der Waals surface area contributed by atoms with Gasteiger partial charge in [-0.2, -0.15) is 5.10 Å². The summed E-state index contributed by atoms with van der Waals surface area (Å²) in [7, 11) is 0. The predicted molar refractivity (Wildman–Crippen MR) is 173 cm³/mol. The fraction of sp³-hybridized carbons (Fsp3) is 0.588. The van der Waals surface area contributed by atoms with Gasteiger partial charge in [0.05, 0.1) is 30.1 Å². The minimum atomic E-state index is -0.462. The van der Waals surface area contributed by atoms with Crippen molar-refractivity contribution in [3.05, 3.63) is 59.7 Å². The Bertz CT molecular complexity index is 1410. The Labute approximate surface area is 266 Å². The van der Waals surface area contributed by atoms with Crippen molar-refractivity contribution >= 4 is 17.4 Å². The maximum Gasteiger partial charge on any atom is 0.410 e. The second-order valence-electron chi connectivity index (χ2n) is 14.0. The van der Waals surface area contributed by atoms with Crippen LogP contribution in [0, 0.1) is 5.92 Å². The van der Waals surface area contributed by atoms with Gasteiger partial charge in [0.2, 0.25) is 0 Å². The Kier molecular flexibility index (Phi) is 9.01. The van der Waals surface area contributed by atoms with Crippen molar-refractivity contribution in [3.8, 4) is 5.75 Å². The molecule has 11 nitrogen and oxygen atoms in total. The van der Waals surface area contributed by atoms with Crippen LogP contribution in [0.3, 0.4) is 0 Å². The van der Waals surface area contributed by atoms with Crippen LogP contribution in [0.1, 0.15) is 83.4 Å². The van der Waals surface area contributed by atoms with Crippen molar-refractivity contribution in [1.29, 1.82) is 0 Å². The van der Waals surface area contributed by atoms with E-state index in [0.717, 1.165) is 68.4 Å². The van der Waals surface area contributed by atoms with Crippen LogP contribution in [-0.2, 0) is 9.47 Å². The van der Waals surface area contributed by atoms with E-state index in [1.165, 1.54) is 0 Å². The van der Waals surface area contributed by atoms with Gasteiger partial charge in [-0.05, 0) is 103 Å². The zero-order valence-electron chi connectivity index (χ0n) is 27.0. The highest BCUT2D eigenvalue weighted by Crippen LogP contribution is 2.36. The zero-order valence-corrected chi connectivity index (χ0v) is 27.0.